The molecule has 0 atom stereocenters. The van der Waals surface area contributed by atoms with Gasteiger partial charge in [-0.3, -0.25) is 24.3 Å². The van der Waals surface area contributed by atoms with Crippen LogP contribution in [0.2, 0.25) is 0 Å². The molecule has 0 unspecified atom stereocenters. The molecule has 0 bridgehead atoms. The molecule has 10 heteroatoms. The molecule has 30 heavy (non-hydrogen) atoms. The first-order chi connectivity index (χ1) is 14.5. The minimum atomic E-state index is -0.514. The monoisotopic (exact) mass is 408 g/mol. The number of fused-ring (bicyclic) bond motifs is 1. The van der Waals surface area contributed by atoms with Gasteiger partial charge in [0.25, 0.3) is 11.2 Å². The number of carbonyl (C=O) groups is 1. The van der Waals surface area contributed by atoms with Crippen molar-refractivity contribution in [1.29, 1.82) is 0 Å². The Bertz CT molecular complexity index is 1230. The Kier molecular flexibility index (Phi) is 5.13. The van der Waals surface area contributed by atoms with Crippen LogP contribution in [0.5, 0.6) is 0 Å². The Morgan fingerprint density at radius 1 is 1.33 bits per heavy atom. The molecule has 0 N–H and O–H groups in total. The van der Waals surface area contributed by atoms with Crippen molar-refractivity contribution < 1.29 is 9.72 Å². The number of para-hydroxylation sites is 2. The zero-order valence-electron chi connectivity index (χ0n) is 16.4. The Morgan fingerprint density at radius 3 is 2.83 bits per heavy atom. The van der Waals surface area contributed by atoms with Crippen molar-refractivity contribution in [3.63, 3.8) is 0 Å². The number of aromatic nitrogens is 4. The quantitative estimate of drug-likeness (QED) is 0.457. The molecule has 3 aromatic rings. The van der Waals surface area contributed by atoms with Gasteiger partial charge < -0.3 is 4.90 Å². The molecule has 0 fully saturated rings. The SMILES string of the molecule is CCN(C(=O)Cn1cnc2c(cnn2-c2ccccc2[N+](=O)[O-])c1=O)C1=CCCC1. The first-order valence-corrected chi connectivity index (χ1v) is 9.67. The van der Waals surface area contributed by atoms with Gasteiger partial charge in [-0.2, -0.15) is 5.10 Å². The second-order valence-electron chi connectivity index (χ2n) is 6.94. The molecule has 1 aromatic carbocycles. The largest absolute Gasteiger partial charge is 0.315 e. The van der Waals surface area contributed by atoms with Gasteiger partial charge in [0.05, 0.1) is 11.1 Å². The van der Waals surface area contributed by atoms with E-state index in [0.29, 0.717) is 6.54 Å². The van der Waals surface area contributed by atoms with E-state index in [1.54, 1.807) is 17.0 Å². The van der Waals surface area contributed by atoms with Crippen molar-refractivity contribution in [2.24, 2.45) is 0 Å². The first kappa shape index (κ1) is 19.5. The average Bonchev–Trinajstić information content (AvgIpc) is 3.41. The van der Waals surface area contributed by atoms with Crippen molar-refractivity contribution in [3.8, 4) is 5.69 Å². The highest BCUT2D eigenvalue weighted by Crippen LogP contribution is 2.24. The number of nitro groups is 1. The molecule has 0 spiro atoms. The topological polar surface area (TPSA) is 116 Å². The zero-order valence-corrected chi connectivity index (χ0v) is 16.4. The lowest BCUT2D eigenvalue weighted by Crippen LogP contribution is -2.35. The Hall–Kier alpha value is -3.82. The molecule has 154 valence electrons. The summed E-state index contributed by atoms with van der Waals surface area (Å²) in [6.45, 7) is 2.30. The summed E-state index contributed by atoms with van der Waals surface area (Å²) in [6.07, 6.45) is 7.50. The van der Waals surface area contributed by atoms with E-state index < -0.39 is 10.5 Å². The van der Waals surface area contributed by atoms with Crippen LogP contribution in [-0.2, 0) is 11.3 Å². The van der Waals surface area contributed by atoms with Gasteiger partial charge in [0, 0.05) is 18.3 Å². The van der Waals surface area contributed by atoms with Crippen LogP contribution in [0.3, 0.4) is 0 Å². The summed E-state index contributed by atoms with van der Waals surface area (Å²) in [6, 6.07) is 6.10. The third-order valence-corrected chi connectivity index (χ3v) is 5.15. The molecule has 0 aliphatic heterocycles. The van der Waals surface area contributed by atoms with Crippen molar-refractivity contribution in [2.75, 3.05) is 6.54 Å². The average molecular weight is 408 g/mol. The van der Waals surface area contributed by atoms with Crippen LogP contribution < -0.4 is 5.56 Å². The molecule has 1 aliphatic rings. The van der Waals surface area contributed by atoms with E-state index >= 15 is 0 Å². The fraction of sp³-hybridized carbons (Fsp3) is 0.300. The summed E-state index contributed by atoms with van der Waals surface area (Å²) in [5, 5.41) is 15.7. The molecular formula is C20H20N6O4. The number of allylic oxidation sites excluding steroid dienone is 2. The highest BCUT2D eigenvalue weighted by molar-refractivity contribution is 5.79. The van der Waals surface area contributed by atoms with E-state index in [0.717, 1.165) is 25.0 Å². The Balaban J connectivity index is 1.69. The molecular weight excluding hydrogens is 388 g/mol. The Morgan fingerprint density at radius 2 is 2.13 bits per heavy atom. The van der Waals surface area contributed by atoms with Gasteiger partial charge >= 0.3 is 0 Å². The van der Waals surface area contributed by atoms with Gasteiger partial charge in [0.15, 0.2) is 5.65 Å². The summed E-state index contributed by atoms with van der Waals surface area (Å²) in [5.74, 6) is -0.181. The zero-order chi connectivity index (χ0) is 21.3. The minimum absolute atomic E-state index is 0.135. The van der Waals surface area contributed by atoms with E-state index in [1.807, 2.05) is 6.92 Å². The number of amides is 1. The second-order valence-corrected chi connectivity index (χ2v) is 6.94. The fourth-order valence-corrected chi connectivity index (χ4v) is 3.70. The molecule has 2 aromatic heterocycles. The van der Waals surface area contributed by atoms with E-state index in [4.69, 9.17) is 0 Å². The van der Waals surface area contributed by atoms with E-state index in [-0.39, 0.29) is 34.9 Å². The van der Waals surface area contributed by atoms with Gasteiger partial charge in [-0.15, -0.1) is 0 Å². The molecule has 0 radical (unpaired) electrons. The van der Waals surface area contributed by atoms with Crippen molar-refractivity contribution in [2.45, 2.75) is 32.7 Å². The minimum Gasteiger partial charge on any atom is -0.315 e. The third kappa shape index (κ3) is 3.36. The molecule has 1 aliphatic carbocycles. The highest BCUT2D eigenvalue weighted by Gasteiger charge is 2.22. The lowest BCUT2D eigenvalue weighted by molar-refractivity contribution is -0.384. The first-order valence-electron chi connectivity index (χ1n) is 9.67. The molecule has 1 amide bonds. The second kappa shape index (κ2) is 7.90. The van der Waals surface area contributed by atoms with Gasteiger partial charge in [0.1, 0.15) is 23.9 Å². The van der Waals surface area contributed by atoms with E-state index in [2.05, 4.69) is 16.2 Å². The van der Waals surface area contributed by atoms with E-state index in [9.17, 15) is 19.7 Å². The maximum absolute atomic E-state index is 12.9. The molecule has 2 heterocycles. The lowest BCUT2D eigenvalue weighted by Gasteiger charge is -2.22. The lowest BCUT2D eigenvalue weighted by atomic mass is 10.2. The molecule has 0 saturated carbocycles. The van der Waals surface area contributed by atoms with Gasteiger partial charge in [0.2, 0.25) is 5.91 Å². The molecule has 10 nitrogen and oxygen atoms in total. The van der Waals surface area contributed by atoms with Crippen LogP contribution >= 0.6 is 0 Å². The summed E-state index contributed by atoms with van der Waals surface area (Å²) < 4.78 is 2.51. The number of hydrogen-bond donors (Lipinski definition) is 0. The third-order valence-electron chi connectivity index (χ3n) is 5.15. The maximum atomic E-state index is 12.9. The smallest absolute Gasteiger partial charge is 0.294 e. The number of likely N-dealkylation sites (N-methyl/N-ethyl adjacent to an activating group) is 1. The Labute approximate surface area is 171 Å². The van der Waals surface area contributed by atoms with E-state index in [1.165, 1.54) is 33.9 Å². The molecule has 0 saturated heterocycles. The van der Waals surface area contributed by atoms with Crippen LogP contribution in [0.15, 0.2) is 53.4 Å². The van der Waals surface area contributed by atoms with Crippen LogP contribution in [0, 0.1) is 10.1 Å². The van der Waals surface area contributed by atoms with Crippen LogP contribution in [-0.4, -0.2) is 41.6 Å². The van der Waals surface area contributed by atoms with Gasteiger partial charge in [-0.1, -0.05) is 18.2 Å². The van der Waals surface area contributed by atoms with Gasteiger partial charge in [-0.25, -0.2) is 9.67 Å². The highest BCUT2D eigenvalue weighted by atomic mass is 16.6. The van der Waals surface area contributed by atoms with Crippen molar-refractivity contribution >= 4 is 22.6 Å². The van der Waals surface area contributed by atoms with Crippen LogP contribution in [0.1, 0.15) is 26.2 Å². The summed E-state index contributed by atoms with van der Waals surface area (Å²) in [4.78, 5) is 42.5. The number of nitrogens with zero attached hydrogens (tertiary/aromatic N) is 6. The molecule has 4 rings (SSSR count). The predicted octanol–water partition coefficient (Wildman–Crippen LogP) is 2.41. The summed E-state index contributed by atoms with van der Waals surface area (Å²) >= 11 is 0. The standard InChI is InChI=1S/C20H20N6O4/c1-2-24(14-7-3-4-8-14)18(27)12-23-13-21-19-15(20(23)28)11-22-25(19)16-9-5-6-10-17(16)26(29)30/h5-7,9-11,13H,2-4,8,12H2,1H3. The van der Waals surface area contributed by atoms with Crippen LogP contribution in [0.4, 0.5) is 5.69 Å². The number of rotatable bonds is 6. The number of carbonyl (C=O) groups excluding carboxylic acids is 1. The maximum Gasteiger partial charge on any atom is 0.294 e. The summed E-state index contributed by atoms with van der Waals surface area (Å²) in [7, 11) is 0. The fourth-order valence-electron chi connectivity index (χ4n) is 3.70. The summed E-state index contributed by atoms with van der Waals surface area (Å²) in [5.41, 5.74) is 0.836. The predicted molar refractivity (Wildman–Crippen MR) is 109 cm³/mol. The van der Waals surface area contributed by atoms with Crippen molar-refractivity contribution in [1.82, 2.24) is 24.2 Å². The number of benzene rings is 1. The van der Waals surface area contributed by atoms with Crippen LogP contribution in [0.25, 0.3) is 16.7 Å². The normalized spacial score (nSPS) is 13.4. The van der Waals surface area contributed by atoms with Gasteiger partial charge in [-0.05, 0) is 32.3 Å². The number of hydrogen-bond acceptors (Lipinski definition) is 6. The number of nitro benzene ring substituents is 1. The van der Waals surface area contributed by atoms with Crippen molar-refractivity contribution in [3.05, 3.63) is 69.0 Å².